The molecule has 0 saturated carbocycles. The van der Waals surface area contributed by atoms with Crippen LogP contribution >= 0.6 is 0 Å². The van der Waals surface area contributed by atoms with Crippen LogP contribution in [0.2, 0.25) is 0 Å². The Hall–Kier alpha value is -1.96. The van der Waals surface area contributed by atoms with Gasteiger partial charge >= 0.3 is 11.9 Å². The van der Waals surface area contributed by atoms with Crippen molar-refractivity contribution in [2.75, 3.05) is 7.11 Å². The SMILES string of the molecule is C=C1C(=O)O[C@H]2CC(=C)[C@@]3(O)C[C@@H](OC)[C@@](C)(C[C@@H](OC(=O)/C(C)=C\C)[C@@H]12)O3. The number of hydrogen-bond donors (Lipinski definition) is 1. The van der Waals surface area contributed by atoms with Gasteiger partial charge in [0.1, 0.15) is 12.2 Å². The van der Waals surface area contributed by atoms with Crippen molar-refractivity contribution in [2.45, 2.75) is 69.7 Å². The van der Waals surface area contributed by atoms with Crippen molar-refractivity contribution in [3.05, 3.63) is 36.0 Å². The van der Waals surface area contributed by atoms with E-state index in [1.54, 1.807) is 34.0 Å². The van der Waals surface area contributed by atoms with E-state index in [1.807, 2.05) is 0 Å². The molecule has 0 aromatic rings. The van der Waals surface area contributed by atoms with Gasteiger partial charge in [-0.3, -0.25) is 0 Å². The maximum Gasteiger partial charge on any atom is 0.334 e. The Morgan fingerprint density at radius 2 is 2.04 bits per heavy atom. The molecule has 0 aromatic carbocycles. The molecule has 3 rings (SSSR count). The van der Waals surface area contributed by atoms with Crippen LogP contribution in [0.4, 0.5) is 0 Å². The van der Waals surface area contributed by atoms with Crippen molar-refractivity contribution < 1.29 is 33.6 Å². The van der Waals surface area contributed by atoms with Crippen molar-refractivity contribution in [2.24, 2.45) is 5.92 Å². The van der Waals surface area contributed by atoms with Gasteiger partial charge in [0, 0.05) is 37.5 Å². The van der Waals surface area contributed by atoms with Gasteiger partial charge in [0.25, 0.3) is 0 Å². The Kier molecular flexibility index (Phi) is 5.29. The average Bonchev–Trinajstić information content (AvgIpc) is 3.07. The second-order valence-corrected chi connectivity index (χ2v) is 8.05. The first-order chi connectivity index (χ1) is 13.0. The van der Waals surface area contributed by atoms with Gasteiger partial charge in [0.15, 0.2) is 5.79 Å². The van der Waals surface area contributed by atoms with Gasteiger partial charge in [0.2, 0.25) is 0 Å². The minimum atomic E-state index is -1.60. The zero-order valence-electron chi connectivity index (χ0n) is 16.8. The third-order valence-electron chi connectivity index (χ3n) is 6.17. The predicted molar refractivity (Wildman–Crippen MR) is 100 cm³/mol. The molecule has 7 nitrogen and oxygen atoms in total. The lowest BCUT2D eigenvalue weighted by Crippen LogP contribution is -2.45. The van der Waals surface area contributed by atoms with E-state index in [2.05, 4.69) is 13.2 Å². The molecule has 154 valence electrons. The Morgan fingerprint density at radius 1 is 1.36 bits per heavy atom. The van der Waals surface area contributed by atoms with Crippen LogP contribution in [-0.2, 0) is 28.5 Å². The smallest absolute Gasteiger partial charge is 0.334 e. The van der Waals surface area contributed by atoms with E-state index in [-0.39, 0.29) is 24.8 Å². The summed E-state index contributed by atoms with van der Waals surface area (Å²) in [5.41, 5.74) is 0.139. The summed E-state index contributed by atoms with van der Waals surface area (Å²) >= 11 is 0. The summed E-state index contributed by atoms with van der Waals surface area (Å²) in [4.78, 5) is 24.7. The van der Waals surface area contributed by atoms with Crippen LogP contribution in [0.3, 0.4) is 0 Å². The van der Waals surface area contributed by atoms with Crippen LogP contribution in [0.5, 0.6) is 0 Å². The molecule has 0 aromatic heterocycles. The second kappa shape index (κ2) is 7.13. The molecule has 0 amide bonds. The zero-order valence-corrected chi connectivity index (χ0v) is 16.8. The molecule has 28 heavy (non-hydrogen) atoms. The summed E-state index contributed by atoms with van der Waals surface area (Å²) in [5, 5.41) is 11.1. The lowest BCUT2D eigenvalue weighted by molar-refractivity contribution is -0.209. The van der Waals surface area contributed by atoms with Crippen LogP contribution in [0, 0.1) is 5.92 Å². The van der Waals surface area contributed by atoms with Crippen molar-refractivity contribution in [1.29, 1.82) is 0 Å². The fraction of sp³-hybridized carbons (Fsp3) is 0.619. The zero-order chi connectivity index (χ0) is 20.9. The molecule has 2 bridgehead atoms. The van der Waals surface area contributed by atoms with Crippen LogP contribution in [0.1, 0.15) is 40.0 Å². The highest BCUT2D eigenvalue weighted by Gasteiger charge is 2.59. The van der Waals surface area contributed by atoms with Gasteiger partial charge in [-0.25, -0.2) is 9.59 Å². The van der Waals surface area contributed by atoms with Gasteiger partial charge in [0.05, 0.1) is 17.6 Å². The molecule has 7 heteroatoms. The maximum atomic E-state index is 12.5. The third kappa shape index (κ3) is 3.32. The lowest BCUT2D eigenvalue weighted by Gasteiger charge is -2.35. The van der Waals surface area contributed by atoms with E-state index < -0.39 is 47.6 Å². The van der Waals surface area contributed by atoms with Gasteiger partial charge < -0.3 is 24.1 Å². The van der Waals surface area contributed by atoms with Crippen molar-refractivity contribution in [1.82, 2.24) is 0 Å². The van der Waals surface area contributed by atoms with Crippen molar-refractivity contribution in [3.8, 4) is 0 Å². The monoisotopic (exact) mass is 392 g/mol. The fourth-order valence-electron chi connectivity index (χ4n) is 4.35. The standard InChI is InChI=1S/C21H28O7/c1-7-11(2)18(22)27-15-9-20(5)16(25-6)10-21(24,28-20)12(3)8-14-17(15)13(4)19(23)26-14/h7,14-17,24H,3-4,8-10H2,1-2,5-6H3/b11-7-/t14-,15+,16+,17-,20+,21+/m0/s1. The van der Waals surface area contributed by atoms with E-state index >= 15 is 0 Å². The number of rotatable bonds is 3. The van der Waals surface area contributed by atoms with E-state index in [0.29, 0.717) is 11.1 Å². The molecule has 3 aliphatic heterocycles. The summed E-state index contributed by atoms with van der Waals surface area (Å²) < 4.78 is 22.9. The lowest BCUT2D eigenvalue weighted by atomic mass is 9.79. The highest BCUT2D eigenvalue weighted by atomic mass is 16.7. The van der Waals surface area contributed by atoms with Gasteiger partial charge in [-0.1, -0.05) is 19.2 Å². The fourth-order valence-corrected chi connectivity index (χ4v) is 4.35. The molecule has 0 spiro atoms. The number of aliphatic hydroxyl groups is 1. The largest absolute Gasteiger partial charge is 0.458 e. The first-order valence-corrected chi connectivity index (χ1v) is 9.42. The molecule has 0 aliphatic carbocycles. The number of hydrogen-bond acceptors (Lipinski definition) is 7. The predicted octanol–water partition coefficient (Wildman–Crippen LogP) is 2.19. The minimum absolute atomic E-state index is 0.176. The van der Waals surface area contributed by atoms with E-state index in [0.717, 1.165) is 0 Å². The van der Waals surface area contributed by atoms with E-state index in [4.69, 9.17) is 18.9 Å². The average molecular weight is 392 g/mol. The van der Waals surface area contributed by atoms with Gasteiger partial charge in [-0.2, -0.15) is 0 Å². The molecule has 0 radical (unpaired) electrons. The molecular weight excluding hydrogens is 364 g/mol. The summed E-state index contributed by atoms with van der Waals surface area (Å²) in [6.07, 6.45) is 0.429. The number of methoxy groups -OCH3 is 1. The maximum absolute atomic E-state index is 12.5. The summed E-state index contributed by atoms with van der Waals surface area (Å²) in [6.45, 7) is 13.1. The number of ether oxygens (including phenoxy) is 4. The number of esters is 2. The Balaban J connectivity index is 2.04. The van der Waals surface area contributed by atoms with Gasteiger partial charge in [-0.05, 0) is 26.3 Å². The third-order valence-corrected chi connectivity index (χ3v) is 6.17. The van der Waals surface area contributed by atoms with Crippen molar-refractivity contribution >= 4 is 11.9 Å². The molecule has 3 heterocycles. The number of fused-ring (bicyclic) bond motifs is 3. The molecule has 6 atom stereocenters. The molecular formula is C21H28O7. The second-order valence-electron chi connectivity index (χ2n) is 8.05. The number of carbonyl (C=O) groups excluding carboxylic acids is 2. The first kappa shape index (κ1) is 20.8. The normalized spacial score (nSPS) is 41.0. The molecule has 3 saturated heterocycles. The van der Waals surface area contributed by atoms with Crippen LogP contribution in [0.15, 0.2) is 36.0 Å². The minimum Gasteiger partial charge on any atom is -0.458 e. The van der Waals surface area contributed by atoms with Crippen LogP contribution in [-0.4, -0.2) is 53.9 Å². The Morgan fingerprint density at radius 3 is 2.64 bits per heavy atom. The van der Waals surface area contributed by atoms with Crippen LogP contribution in [0.25, 0.3) is 0 Å². The van der Waals surface area contributed by atoms with E-state index in [1.165, 1.54) is 0 Å². The molecule has 3 aliphatic rings. The molecule has 0 unspecified atom stereocenters. The highest BCUT2D eigenvalue weighted by molar-refractivity contribution is 5.91. The topological polar surface area (TPSA) is 91.3 Å². The summed E-state index contributed by atoms with van der Waals surface area (Å²) in [7, 11) is 1.54. The number of allylic oxidation sites excluding steroid dienone is 1. The van der Waals surface area contributed by atoms with E-state index in [9.17, 15) is 14.7 Å². The molecule has 3 fully saturated rings. The Bertz CT molecular complexity index is 754. The first-order valence-electron chi connectivity index (χ1n) is 9.42. The molecule has 1 N–H and O–H groups in total. The van der Waals surface area contributed by atoms with Gasteiger partial charge in [-0.15, -0.1) is 0 Å². The highest BCUT2D eigenvalue weighted by Crippen LogP contribution is 2.50. The number of carbonyl (C=O) groups is 2. The summed E-state index contributed by atoms with van der Waals surface area (Å²) in [5.74, 6) is -3.17. The van der Waals surface area contributed by atoms with Crippen LogP contribution < -0.4 is 0 Å². The Labute approximate surface area is 165 Å². The van der Waals surface area contributed by atoms with Crippen molar-refractivity contribution in [3.63, 3.8) is 0 Å². The summed E-state index contributed by atoms with van der Waals surface area (Å²) in [6, 6.07) is 0. The quantitative estimate of drug-likeness (QED) is 0.447.